The molecule has 1 N–H and O–H groups in total. The molecule has 1 saturated carbocycles. The number of carbonyl (C=O) groups is 1. The molecule has 0 bridgehead atoms. The van der Waals surface area contributed by atoms with E-state index in [-0.39, 0.29) is 12.0 Å². The average molecular weight is 594 g/mol. The number of hydrogen-bond acceptors (Lipinski definition) is 8. The van der Waals surface area contributed by atoms with Gasteiger partial charge in [-0.15, -0.1) is 0 Å². The minimum atomic E-state index is -0.0515. The molecule has 1 aliphatic carbocycles. The first kappa shape index (κ1) is 28.3. The average Bonchev–Trinajstić information content (AvgIpc) is 3.57. The third kappa shape index (κ3) is 5.17. The van der Waals surface area contributed by atoms with Gasteiger partial charge in [-0.1, -0.05) is 25.3 Å². The number of aromatic amines is 1. The number of aromatic nitrogens is 4. The Hall–Kier alpha value is -4.44. The lowest BCUT2D eigenvalue weighted by Crippen LogP contribution is -2.48. The number of hydrogen-bond donors (Lipinski definition) is 1. The summed E-state index contributed by atoms with van der Waals surface area (Å²) in [4.78, 5) is 28.8. The molecule has 228 valence electrons. The van der Waals surface area contributed by atoms with Gasteiger partial charge in [-0.25, -0.2) is 0 Å². The molecule has 44 heavy (non-hydrogen) atoms. The molecule has 3 fully saturated rings. The Morgan fingerprint density at radius 3 is 2.59 bits per heavy atom. The second kappa shape index (κ2) is 11.6. The first-order valence-corrected chi connectivity index (χ1v) is 15.6. The standard InChI is InChI=1S/C34H39N7O3/c1-5-22-18-25-31(32(44-24-10-11-24)30(22)29-21(3)9-12-27-26(29)19-35-38-27)36-34(43-20-23-8-7-13-39(23)4)37-33(25)41-16-14-40(15-17-41)28(42)6-2/h5-6,9,12,18-19,23-24H,1-2,7-8,10-11,13-17,20H2,3-4H3,(H,35,38)/t23-/m0/s1. The fraction of sp³-hybridized carbons (Fsp3) is 0.412. The highest BCUT2D eigenvalue weighted by atomic mass is 16.5. The number of nitrogens with zero attached hydrogens (tertiary/aromatic N) is 6. The third-order valence-corrected chi connectivity index (χ3v) is 9.19. The summed E-state index contributed by atoms with van der Waals surface area (Å²) >= 11 is 0. The van der Waals surface area contributed by atoms with Gasteiger partial charge in [0.15, 0.2) is 5.75 Å². The molecular formula is C34H39N7O3. The second-order valence-corrected chi connectivity index (χ2v) is 12.1. The number of likely N-dealkylation sites (N-methyl/N-ethyl adjacent to an activating group) is 1. The lowest BCUT2D eigenvalue weighted by atomic mass is 9.90. The zero-order valence-corrected chi connectivity index (χ0v) is 25.5. The molecule has 10 nitrogen and oxygen atoms in total. The molecule has 1 amide bonds. The maximum absolute atomic E-state index is 12.3. The van der Waals surface area contributed by atoms with E-state index in [9.17, 15) is 4.79 Å². The summed E-state index contributed by atoms with van der Waals surface area (Å²) in [6, 6.07) is 6.96. The van der Waals surface area contributed by atoms with Gasteiger partial charge in [-0.05, 0) is 81.1 Å². The van der Waals surface area contributed by atoms with Crippen LogP contribution in [-0.4, -0.2) is 94.4 Å². The zero-order valence-electron chi connectivity index (χ0n) is 25.5. The molecule has 0 unspecified atom stereocenters. The topological polar surface area (TPSA) is 99.7 Å². The van der Waals surface area contributed by atoms with E-state index in [0.717, 1.165) is 87.9 Å². The summed E-state index contributed by atoms with van der Waals surface area (Å²) in [7, 11) is 2.14. The maximum atomic E-state index is 12.3. The number of anilines is 1. The Labute approximate surface area is 257 Å². The van der Waals surface area contributed by atoms with Crippen molar-refractivity contribution in [1.82, 2.24) is 30.0 Å². The number of rotatable bonds is 9. The van der Waals surface area contributed by atoms with E-state index in [1.807, 2.05) is 17.2 Å². The summed E-state index contributed by atoms with van der Waals surface area (Å²) in [5, 5.41) is 9.37. The highest BCUT2D eigenvalue weighted by Crippen LogP contribution is 2.47. The number of likely N-dealkylation sites (tertiary alicyclic amines) is 1. The lowest BCUT2D eigenvalue weighted by Gasteiger charge is -2.35. The van der Waals surface area contributed by atoms with E-state index in [0.29, 0.717) is 44.8 Å². The predicted molar refractivity (Wildman–Crippen MR) is 173 cm³/mol. The smallest absolute Gasteiger partial charge is 0.319 e. The van der Waals surface area contributed by atoms with Crippen molar-refractivity contribution in [2.45, 2.75) is 44.8 Å². The molecular weight excluding hydrogens is 554 g/mol. The largest absolute Gasteiger partial charge is 0.487 e. The molecule has 10 heteroatoms. The van der Waals surface area contributed by atoms with Gasteiger partial charge >= 0.3 is 6.01 Å². The molecule has 2 aliphatic heterocycles. The normalized spacial score (nSPS) is 19.1. The number of piperazine rings is 1. The molecule has 2 aromatic carbocycles. The third-order valence-electron chi connectivity index (χ3n) is 9.19. The van der Waals surface area contributed by atoms with E-state index in [1.54, 1.807) is 0 Å². The van der Waals surface area contributed by atoms with E-state index in [1.165, 1.54) is 6.08 Å². The Bertz CT molecular complexity index is 1750. The number of benzene rings is 2. The number of amides is 1. The molecule has 1 atom stereocenters. The van der Waals surface area contributed by atoms with E-state index in [4.69, 9.17) is 19.4 Å². The van der Waals surface area contributed by atoms with E-state index < -0.39 is 0 Å². The molecule has 3 aliphatic rings. The summed E-state index contributed by atoms with van der Waals surface area (Å²) in [6.45, 7) is 14.0. The summed E-state index contributed by atoms with van der Waals surface area (Å²) in [5.74, 6) is 1.46. The fourth-order valence-electron chi connectivity index (χ4n) is 6.50. The van der Waals surface area contributed by atoms with Gasteiger partial charge in [0.05, 0.1) is 17.8 Å². The van der Waals surface area contributed by atoms with Crippen molar-refractivity contribution in [3.63, 3.8) is 0 Å². The highest BCUT2D eigenvalue weighted by Gasteiger charge is 2.31. The van der Waals surface area contributed by atoms with Crippen molar-refractivity contribution < 1.29 is 14.3 Å². The van der Waals surface area contributed by atoms with Crippen molar-refractivity contribution >= 4 is 39.6 Å². The minimum Gasteiger partial charge on any atom is -0.487 e. The van der Waals surface area contributed by atoms with Crippen molar-refractivity contribution in [2.24, 2.45) is 0 Å². The summed E-state index contributed by atoms with van der Waals surface area (Å²) in [6.07, 6.45) is 9.52. The Kier molecular flexibility index (Phi) is 7.45. The first-order chi connectivity index (χ1) is 21.4. The van der Waals surface area contributed by atoms with E-state index >= 15 is 0 Å². The van der Waals surface area contributed by atoms with Crippen LogP contribution >= 0.6 is 0 Å². The molecule has 2 saturated heterocycles. The van der Waals surface area contributed by atoms with Crippen molar-refractivity contribution in [3.8, 4) is 22.9 Å². The van der Waals surface area contributed by atoms with Crippen LogP contribution in [0.1, 0.15) is 36.8 Å². The number of fused-ring (bicyclic) bond motifs is 2. The summed E-state index contributed by atoms with van der Waals surface area (Å²) < 4.78 is 13.2. The lowest BCUT2D eigenvalue weighted by molar-refractivity contribution is -0.126. The van der Waals surface area contributed by atoms with Crippen LogP contribution in [0.3, 0.4) is 0 Å². The second-order valence-electron chi connectivity index (χ2n) is 12.1. The van der Waals surface area contributed by atoms with Crippen molar-refractivity contribution in [2.75, 3.05) is 51.3 Å². The molecule has 7 rings (SSSR count). The van der Waals surface area contributed by atoms with Crippen LogP contribution in [0.15, 0.2) is 43.6 Å². The number of aryl methyl sites for hydroxylation is 1. The maximum Gasteiger partial charge on any atom is 0.319 e. The SMILES string of the molecule is C=CC(=O)N1CCN(c2nc(OC[C@@H]3CCCN3C)nc3c(OC4CC4)c(-c4c(C)ccc5[nH]ncc45)c(C=C)cc23)CC1. The summed E-state index contributed by atoms with van der Waals surface area (Å²) in [5.41, 5.74) is 5.74. The van der Waals surface area contributed by atoms with Gasteiger partial charge in [0, 0.05) is 48.6 Å². The van der Waals surface area contributed by atoms with Crippen LogP contribution < -0.4 is 14.4 Å². The Morgan fingerprint density at radius 2 is 1.89 bits per heavy atom. The van der Waals surface area contributed by atoms with Crippen LogP contribution in [0.2, 0.25) is 0 Å². The zero-order chi connectivity index (χ0) is 30.4. The van der Waals surface area contributed by atoms with Crippen LogP contribution in [0.25, 0.3) is 39.0 Å². The van der Waals surface area contributed by atoms with Crippen LogP contribution in [0.4, 0.5) is 5.82 Å². The van der Waals surface area contributed by atoms with Crippen molar-refractivity contribution in [3.05, 3.63) is 54.8 Å². The van der Waals surface area contributed by atoms with Gasteiger partial charge in [0.2, 0.25) is 5.91 Å². The molecule has 0 spiro atoms. The van der Waals surface area contributed by atoms with E-state index in [2.05, 4.69) is 65.3 Å². The van der Waals surface area contributed by atoms with Gasteiger partial charge in [0.25, 0.3) is 0 Å². The molecule has 4 aromatic rings. The number of H-pyrrole nitrogens is 1. The van der Waals surface area contributed by atoms with Crippen LogP contribution in [0.5, 0.6) is 11.8 Å². The minimum absolute atomic E-state index is 0.0515. The highest BCUT2D eigenvalue weighted by molar-refractivity contribution is 6.07. The Balaban J connectivity index is 1.41. The predicted octanol–water partition coefficient (Wildman–Crippen LogP) is 4.97. The molecule has 0 radical (unpaired) electrons. The fourth-order valence-corrected chi connectivity index (χ4v) is 6.50. The van der Waals surface area contributed by atoms with Crippen molar-refractivity contribution in [1.29, 1.82) is 0 Å². The number of carbonyl (C=O) groups excluding carboxylic acids is 1. The quantitative estimate of drug-likeness (QED) is 0.272. The van der Waals surface area contributed by atoms with Gasteiger partial charge in [0.1, 0.15) is 17.9 Å². The van der Waals surface area contributed by atoms with Gasteiger partial charge in [-0.3, -0.25) is 9.89 Å². The van der Waals surface area contributed by atoms with Crippen LogP contribution in [0, 0.1) is 6.92 Å². The molecule has 4 heterocycles. The van der Waals surface area contributed by atoms with Crippen LogP contribution in [-0.2, 0) is 4.79 Å². The Morgan fingerprint density at radius 1 is 1.07 bits per heavy atom. The molecule has 2 aromatic heterocycles. The number of ether oxygens (including phenoxy) is 2. The van der Waals surface area contributed by atoms with Gasteiger partial charge in [-0.2, -0.15) is 15.1 Å². The monoisotopic (exact) mass is 593 g/mol. The number of nitrogens with one attached hydrogen (secondary N) is 1. The van der Waals surface area contributed by atoms with Gasteiger partial charge < -0.3 is 24.2 Å². The first-order valence-electron chi connectivity index (χ1n) is 15.6.